The van der Waals surface area contributed by atoms with Crippen molar-refractivity contribution in [3.8, 4) is 0 Å². The predicted molar refractivity (Wildman–Crippen MR) is 75.3 cm³/mol. The van der Waals surface area contributed by atoms with Crippen LogP contribution in [0.3, 0.4) is 0 Å². The SMILES string of the molecule is O=C(CCc1ccccc1)Nc1cccc(Br)n1. The van der Waals surface area contributed by atoms with Gasteiger partial charge >= 0.3 is 0 Å². The van der Waals surface area contributed by atoms with Gasteiger partial charge in [0.1, 0.15) is 10.4 Å². The number of halogens is 1. The van der Waals surface area contributed by atoms with Gasteiger partial charge in [-0.2, -0.15) is 0 Å². The van der Waals surface area contributed by atoms with Gasteiger partial charge in [-0.3, -0.25) is 4.79 Å². The van der Waals surface area contributed by atoms with Crippen molar-refractivity contribution in [1.82, 2.24) is 4.98 Å². The van der Waals surface area contributed by atoms with Crippen molar-refractivity contribution in [3.63, 3.8) is 0 Å². The fraction of sp³-hybridized carbons (Fsp3) is 0.143. The summed E-state index contributed by atoms with van der Waals surface area (Å²) in [4.78, 5) is 15.9. The zero-order valence-electron chi connectivity index (χ0n) is 9.77. The van der Waals surface area contributed by atoms with Gasteiger partial charge in [0.25, 0.3) is 0 Å². The van der Waals surface area contributed by atoms with Crippen LogP contribution in [0.4, 0.5) is 5.82 Å². The van der Waals surface area contributed by atoms with Crippen LogP contribution in [0.25, 0.3) is 0 Å². The molecule has 0 bridgehead atoms. The summed E-state index contributed by atoms with van der Waals surface area (Å²) in [5, 5.41) is 2.77. The van der Waals surface area contributed by atoms with Crippen molar-refractivity contribution in [2.45, 2.75) is 12.8 Å². The number of anilines is 1. The third-order valence-electron chi connectivity index (χ3n) is 2.47. The minimum absolute atomic E-state index is 0.0237. The normalized spacial score (nSPS) is 10.1. The fourth-order valence-corrected chi connectivity index (χ4v) is 1.93. The van der Waals surface area contributed by atoms with E-state index in [1.165, 1.54) is 0 Å². The Bertz CT molecular complexity index is 528. The van der Waals surface area contributed by atoms with Crippen molar-refractivity contribution in [1.29, 1.82) is 0 Å². The average molecular weight is 305 g/mol. The second-order valence-corrected chi connectivity index (χ2v) is 4.69. The zero-order valence-corrected chi connectivity index (χ0v) is 11.4. The van der Waals surface area contributed by atoms with E-state index in [0.717, 1.165) is 12.0 Å². The molecule has 3 nitrogen and oxygen atoms in total. The van der Waals surface area contributed by atoms with Crippen LogP contribution < -0.4 is 5.32 Å². The van der Waals surface area contributed by atoms with E-state index in [1.807, 2.05) is 42.5 Å². The summed E-state index contributed by atoms with van der Waals surface area (Å²) in [6.07, 6.45) is 1.19. The van der Waals surface area contributed by atoms with Crippen molar-refractivity contribution < 1.29 is 4.79 Å². The number of aromatic nitrogens is 1. The molecule has 1 aromatic carbocycles. The van der Waals surface area contributed by atoms with E-state index in [2.05, 4.69) is 26.2 Å². The number of aryl methyl sites for hydroxylation is 1. The molecule has 0 aliphatic heterocycles. The van der Waals surface area contributed by atoms with Crippen LogP contribution in [0.15, 0.2) is 53.1 Å². The molecule has 18 heavy (non-hydrogen) atoms. The lowest BCUT2D eigenvalue weighted by Crippen LogP contribution is -2.13. The molecule has 0 radical (unpaired) electrons. The first-order chi connectivity index (χ1) is 8.74. The molecular formula is C14H13BrN2O. The molecule has 2 aromatic rings. The first-order valence-electron chi connectivity index (χ1n) is 5.70. The van der Waals surface area contributed by atoms with E-state index in [9.17, 15) is 4.79 Å². The standard InChI is InChI=1S/C14H13BrN2O/c15-12-7-4-8-13(16-12)17-14(18)10-9-11-5-2-1-3-6-11/h1-8H,9-10H2,(H,16,17,18). The van der Waals surface area contributed by atoms with Gasteiger partial charge < -0.3 is 5.32 Å². The van der Waals surface area contributed by atoms with Crippen molar-refractivity contribution in [2.24, 2.45) is 0 Å². The van der Waals surface area contributed by atoms with Gasteiger partial charge in [-0.15, -0.1) is 0 Å². The molecule has 0 atom stereocenters. The Morgan fingerprint density at radius 1 is 1.11 bits per heavy atom. The third kappa shape index (κ3) is 3.96. The molecule has 92 valence electrons. The lowest BCUT2D eigenvalue weighted by atomic mass is 10.1. The minimum atomic E-state index is -0.0237. The first-order valence-corrected chi connectivity index (χ1v) is 6.50. The van der Waals surface area contributed by atoms with E-state index in [4.69, 9.17) is 0 Å². The number of nitrogens with one attached hydrogen (secondary N) is 1. The van der Waals surface area contributed by atoms with Crippen LogP contribution in [0, 0.1) is 0 Å². The maximum absolute atomic E-state index is 11.7. The molecule has 0 unspecified atom stereocenters. The largest absolute Gasteiger partial charge is 0.311 e. The molecule has 0 saturated heterocycles. The van der Waals surface area contributed by atoms with Crippen LogP contribution in [0.5, 0.6) is 0 Å². The van der Waals surface area contributed by atoms with Gasteiger partial charge in [0.15, 0.2) is 0 Å². The number of benzene rings is 1. The molecule has 4 heteroatoms. The lowest BCUT2D eigenvalue weighted by Gasteiger charge is -2.04. The maximum atomic E-state index is 11.7. The lowest BCUT2D eigenvalue weighted by molar-refractivity contribution is -0.116. The second-order valence-electron chi connectivity index (χ2n) is 3.88. The topological polar surface area (TPSA) is 42.0 Å². The smallest absolute Gasteiger partial charge is 0.225 e. The van der Waals surface area contributed by atoms with Gasteiger partial charge in [-0.25, -0.2) is 4.98 Å². The summed E-state index contributed by atoms with van der Waals surface area (Å²) in [6, 6.07) is 15.4. The highest BCUT2D eigenvalue weighted by Gasteiger charge is 2.04. The highest BCUT2D eigenvalue weighted by Crippen LogP contribution is 2.10. The molecule has 0 spiro atoms. The molecule has 0 saturated carbocycles. The minimum Gasteiger partial charge on any atom is -0.311 e. The number of carbonyl (C=O) groups excluding carboxylic acids is 1. The van der Waals surface area contributed by atoms with E-state index in [0.29, 0.717) is 16.8 Å². The molecule has 1 amide bonds. The molecule has 1 heterocycles. The molecule has 0 fully saturated rings. The Morgan fingerprint density at radius 3 is 2.61 bits per heavy atom. The summed E-state index contributed by atoms with van der Waals surface area (Å²) in [5.41, 5.74) is 1.16. The van der Waals surface area contributed by atoms with Gasteiger partial charge in [-0.05, 0) is 40.0 Å². The number of hydrogen-bond donors (Lipinski definition) is 1. The van der Waals surface area contributed by atoms with E-state index in [1.54, 1.807) is 6.07 Å². The second kappa shape index (κ2) is 6.31. The van der Waals surface area contributed by atoms with Gasteiger partial charge in [0, 0.05) is 6.42 Å². The van der Waals surface area contributed by atoms with Crippen LogP contribution in [-0.4, -0.2) is 10.9 Å². The van der Waals surface area contributed by atoms with Gasteiger partial charge in [0.05, 0.1) is 0 Å². The molecule has 0 aliphatic carbocycles. The number of amides is 1. The summed E-state index contributed by atoms with van der Waals surface area (Å²) in [6.45, 7) is 0. The van der Waals surface area contributed by atoms with Crippen LogP contribution in [0.2, 0.25) is 0 Å². The summed E-state index contributed by atoms with van der Waals surface area (Å²) in [5.74, 6) is 0.548. The van der Waals surface area contributed by atoms with Crippen molar-refractivity contribution in [2.75, 3.05) is 5.32 Å². The highest BCUT2D eigenvalue weighted by atomic mass is 79.9. The fourth-order valence-electron chi connectivity index (χ4n) is 1.59. The zero-order chi connectivity index (χ0) is 12.8. The molecule has 1 N–H and O–H groups in total. The maximum Gasteiger partial charge on any atom is 0.225 e. The molecule has 0 aliphatic rings. The Hall–Kier alpha value is -1.68. The Kier molecular flexibility index (Phi) is 4.47. The van der Waals surface area contributed by atoms with Crippen LogP contribution in [-0.2, 0) is 11.2 Å². The van der Waals surface area contributed by atoms with Crippen molar-refractivity contribution >= 4 is 27.7 Å². The average Bonchev–Trinajstić information content (AvgIpc) is 2.38. The Morgan fingerprint density at radius 2 is 1.89 bits per heavy atom. The number of hydrogen-bond acceptors (Lipinski definition) is 2. The Labute approximate surface area is 114 Å². The van der Waals surface area contributed by atoms with Crippen LogP contribution >= 0.6 is 15.9 Å². The summed E-state index contributed by atoms with van der Waals surface area (Å²) in [7, 11) is 0. The molecular weight excluding hydrogens is 292 g/mol. The van der Waals surface area contributed by atoms with E-state index < -0.39 is 0 Å². The van der Waals surface area contributed by atoms with Crippen LogP contribution in [0.1, 0.15) is 12.0 Å². The number of nitrogens with zero attached hydrogens (tertiary/aromatic N) is 1. The number of pyridine rings is 1. The monoisotopic (exact) mass is 304 g/mol. The first kappa shape index (κ1) is 12.8. The Balaban J connectivity index is 1.86. The number of carbonyl (C=O) groups is 1. The highest BCUT2D eigenvalue weighted by molar-refractivity contribution is 9.10. The quantitative estimate of drug-likeness (QED) is 0.880. The third-order valence-corrected chi connectivity index (χ3v) is 2.91. The molecule has 2 rings (SSSR count). The predicted octanol–water partition coefficient (Wildman–Crippen LogP) is 3.42. The van der Waals surface area contributed by atoms with E-state index >= 15 is 0 Å². The number of rotatable bonds is 4. The molecule has 1 aromatic heterocycles. The van der Waals surface area contributed by atoms with Gasteiger partial charge in [0.2, 0.25) is 5.91 Å². The van der Waals surface area contributed by atoms with Crippen molar-refractivity contribution in [3.05, 3.63) is 58.7 Å². The summed E-state index contributed by atoms with van der Waals surface area (Å²) >= 11 is 3.27. The summed E-state index contributed by atoms with van der Waals surface area (Å²) < 4.78 is 0.711. The van der Waals surface area contributed by atoms with Gasteiger partial charge in [-0.1, -0.05) is 36.4 Å². The van der Waals surface area contributed by atoms with E-state index in [-0.39, 0.29) is 5.91 Å².